The van der Waals surface area contributed by atoms with E-state index in [-0.39, 0.29) is 5.92 Å². The molecular weight excluding hydrogens is 454 g/mol. The van der Waals surface area contributed by atoms with E-state index in [1.54, 1.807) is 0 Å². The Bertz CT molecular complexity index is 990. The number of hydrogen-bond donors (Lipinski definition) is 0. The third-order valence-electron chi connectivity index (χ3n) is 7.53. The molecule has 0 aliphatic heterocycles. The van der Waals surface area contributed by atoms with Gasteiger partial charge in [0.05, 0.1) is 5.56 Å². The van der Waals surface area contributed by atoms with Gasteiger partial charge in [-0.25, -0.2) is 17.6 Å². The minimum atomic E-state index is -3.43. The van der Waals surface area contributed by atoms with Crippen LogP contribution < -0.4 is 4.74 Å². The molecule has 0 saturated heterocycles. The van der Waals surface area contributed by atoms with Gasteiger partial charge in [0.1, 0.15) is 11.6 Å². The van der Waals surface area contributed by atoms with Gasteiger partial charge in [-0.2, -0.15) is 8.78 Å². The number of halogens is 6. The molecule has 0 heterocycles. The molecule has 0 spiro atoms. The summed E-state index contributed by atoms with van der Waals surface area (Å²) in [5.41, 5.74) is -0.467. The van der Waals surface area contributed by atoms with Gasteiger partial charge in [-0.1, -0.05) is 12.5 Å². The molecule has 0 aromatic heterocycles. The predicted molar refractivity (Wildman–Crippen MR) is 119 cm³/mol. The zero-order valence-corrected chi connectivity index (χ0v) is 18.8. The minimum absolute atomic E-state index is 0.0271. The van der Waals surface area contributed by atoms with Gasteiger partial charge in [0, 0.05) is 0 Å². The van der Waals surface area contributed by atoms with E-state index in [0.717, 1.165) is 38.0 Å². The molecule has 2 fully saturated rings. The lowest BCUT2D eigenvalue weighted by Gasteiger charge is -2.42. The van der Waals surface area contributed by atoms with E-state index in [2.05, 4.69) is 11.3 Å². The fourth-order valence-corrected chi connectivity index (χ4v) is 5.91. The fourth-order valence-electron chi connectivity index (χ4n) is 5.91. The number of hydrogen-bond acceptors (Lipinski definition) is 1. The SMILES string of the molecule is C=CCCC1CCC2CC(c3cc(F)c(-c4cc(F)c(OC(F)F)c(F)c4)c(F)c3)CCC2C1. The maximum absolute atomic E-state index is 15.0. The summed E-state index contributed by atoms with van der Waals surface area (Å²) < 4.78 is 86.7. The summed E-state index contributed by atoms with van der Waals surface area (Å²) in [6.07, 6.45) is 10.4. The second-order valence-corrected chi connectivity index (χ2v) is 9.58. The first-order valence-corrected chi connectivity index (χ1v) is 11.8. The molecule has 2 saturated carbocycles. The molecule has 0 N–H and O–H groups in total. The number of fused-ring (bicyclic) bond motifs is 1. The quantitative estimate of drug-likeness (QED) is 0.283. The highest BCUT2D eigenvalue weighted by Crippen LogP contribution is 2.49. The summed E-state index contributed by atoms with van der Waals surface area (Å²) in [7, 11) is 0. The zero-order chi connectivity index (χ0) is 24.4. The molecule has 34 heavy (non-hydrogen) atoms. The van der Waals surface area contributed by atoms with Crippen LogP contribution in [0, 0.1) is 41.0 Å². The first-order valence-electron chi connectivity index (χ1n) is 11.8. The standard InChI is InChI=1S/C27H28F6O/c1-2-3-4-15-5-6-17-10-18(8-7-16(17)9-15)19-11-21(28)25(22(29)12-19)20-13-23(30)26(24(31)14-20)34-27(32)33/h2,11-18,27H,1,3-10H2. The highest BCUT2D eigenvalue weighted by atomic mass is 19.3. The lowest BCUT2D eigenvalue weighted by atomic mass is 9.63. The van der Waals surface area contributed by atoms with Gasteiger partial charge >= 0.3 is 6.61 Å². The van der Waals surface area contributed by atoms with Gasteiger partial charge < -0.3 is 4.74 Å². The smallest absolute Gasteiger partial charge is 0.387 e. The van der Waals surface area contributed by atoms with Crippen molar-refractivity contribution in [3.8, 4) is 16.9 Å². The Morgan fingerprint density at radius 2 is 1.47 bits per heavy atom. The van der Waals surface area contributed by atoms with Crippen LogP contribution in [-0.2, 0) is 0 Å². The van der Waals surface area contributed by atoms with E-state index in [4.69, 9.17) is 0 Å². The topological polar surface area (TPSA) is 9.23 Å². The Balaban J connectivity index is 1.51. The van der Waals surface area contributed by atoms with E-state index < -0.39 is 46.8 Å². The molecule has 0 radical (unpaired) electrons. The summed E-state index contributed by atoms with van der Waals surface area (Å²) in [6, 6.07) is 3.66. The molecule has 4 rings (SSSR count). The molecule has 4 unspecified atom stereocenters. The Morgan fingerprint density at radius 3 is 2.09 bits per heavy atom. The Kier molecular flexibility index (Phi) is 7.58. The third-order valence-corrected chi connectivity index (χ3v) is 7.53. The van der Waals surface area contributed by atoms with Crippen LogP contribution in [0.3, 0.4) is 0 Å². The van der Waals surface area contributed by atoms with E-state index in [0.29, 0.717) is 29.5 Å². The number of allylic oxidation sites excluding steroid dienone is 1. The monoisotopic (exact) mass is 482 g/mol. The van der Waals surface area contributed by atoms with Crippen LogP contribution in [-0.4, -0.2) is 6.61 Å². The van der Waals surface area contributed by atoms with Crippen LogP contribution >= 0.6 is 0 Å². The molecule has 1 nitrogen and oxygen atoms in total. The molecule has 7 heteroatoms. The first kappa shape index (κ1) is 24.7. The zero-order valence-electron chi connectivity index (χ0n) is 18.8. The van der Waals surface area contributed by atoms with Crippen LogP contribution in [0.25, 0.3) is 11.1 Å². The van der Waals surface area contributed by atoms with Crippen LogP contribution in [0.1, 0.15) is 62.8 Å². The largest absolute Gasteiger partial charge is 0.429 e. The van der Waals surface area contributed by atoms with Crippen molar-refractivity contribution in [2.75, 3.05) is 0 Å². The second kappa shape index (κ2) is 10.4. The molecule has 2 aliphatic carbocycles. The van der Waals surface area contributed by atoms with E-state index >= 15 is 0 Å². The molecular formula is C27H28F6O. The van der Waals surface area contributed by atoms with E-state index in [1.165, 1.54) is 31.4 Å². The summed E-state index contributed by atoms with van der Waals surface area (Å²) in [5.74, 6) is -4.14. The Labute approximate surface area is 195 Å². The van der Waals surface area contributed by atoms with Crippen LogP contribution in [0.15, 0.2) is 36.9 Å². The van der Waals surface area contributed by atoms with Crippen molar-refractivity contribution in [2.24, 2.45) is 17.8 Å². The van der Waals surface area contributed by atoms with Gasteiger partial charge in [-0.05, 0) is 104 Å². The summed E-state index contributed by atoms with van der Waals surface area (Å²) in [5, 5.41) is 0. The van der Waals surface area contributed by atoms with Gasteiger partial charge in [-0.15, -0.1) is 6.58 Å². The van der Waals surface area contributed by atoms with Crippen LogP contribution in [0.4, 0.5) is 26.3 Å². The number of ether oxygens (including phenoxy) is 1. The van der Waals surface area contributed by atoms with Gasteiger partial charge in [0.15, 0.2) is 17.4 Å². The normalized spacial score (nSPS) is 24.7. The molecule has 184 valence electrons. The van der Waals surface area contributed by atoms with Crippen molar-refractivity contribution in [1.29, 1.82) is 0 Å². The average molecular weight is 483 g/mol. The Hall–Kier alpha value is -2.44. The second-order valence-electron chi connectivity index (χ2n) is 9.58. The molecule has 2 aliphatic rings. The van der Waals surface area contributed by atoms with Crippen molar-refractivity contribution in [2.45, 2.75) is 63.9 Å². The molecule has 2 aromatic carbocycles. The highest BCUT2D eigenvalue weighted by molar-refractivity contribution is 5.66. The van der Waals surface area contributed by atoms with Crippen LogP contribution in [0.5, 0.6) is 5.75 Å². The number of benzene rings is 2. The summed E-state index contributed by atoms with van der Waals surface area (Å²) in [4.78, 5) is 0. The van der Waals surface area contributed by atoms with E-state index in [1.807, 2.05) is 6.08 Å². The van der Waals surface area contributed by atoms with Gasteiger partial charge in [-0.3, -0.25) is 0 Å². The first-order chi connectivity index (χ1) is 16.3. The van der Waals surface area contributed by atoms with Crippen molar-refractivity contribution in [1.82, 2.24) is 0 Å². The minimum Gasteiger partial charge on any atom is -0.429 e. The van der Waals surface area contributed by atoms with Gasteiger partial charge in [0.25, 0.3) is 0 Å². The average Bonchev–Trinajstić information content (AvgIpc) is 2.79. The van der Waals surface area contributed by atoms with Crippen molar-refractivity contribution in [3.05, 3.63) is 65.8 Å². The molecule has 0 amide bonds. The predicted octanol–water partition coefficient (Wildman–Crippen LogP) is 8.78. The lowest BCUT2D eigenvalue weighted by molar-refractivity contribution is -0.0546. The Morgan fingerprint density at radius 1 is 0.853 bits per heavy atom. The molecule has 0 bridgehead atoms. The molecule has 2 aromatic rings. The fraction of sp³-hybridized carbons (Fsp3) is 0.481. The van der Waals surface area contributed by atoms with Crippen molar-refractivity contribution in [3.63, 3.8) is 0 Å². The van der Waals surface area contributed by atoms with Crippen LogP contribution in [0.2, 0.25) is 0 Å². The summed E-state index contributed by atoms with van der Waals surface area (Å²) in [6.45, 7) is 0.370. The highest BCUT2D eigenvalue weighted by Gasteiger charge is 2.36. The van der Waals surface area contributed by atoms with Gasteiger partial charge in [0.2, 0.25) is 0 Å². The lowest BCUT2D eigenvalue weighted by Crippen LogP contribution is -2.30. The third kappa shape index (κ3) is 5.28. The maximum atomic E-state index is 15.0. The number of alkyl halides is 2. The maximum Gasteiger partial charge on any atom is 0.387 e. The van der Waals surface area contributed by atoms with E-state index in [9.17, 15) is 26.3 Å². The van der Waals surface area contributed by atoms with Crippen molar-refractivity contribution >= 4 is 0 Å². The molecule has 4 atom stereocenters. The van der Waals surface area contributed by atoms with Crippen molar-refractivity contribution < 1.29 is 31.1 Å². The summed E-state index contributed by atoms with van der Waals surface area (Å²) >= 11 is 0. The number of rotatable bonds is 7.